The van der Waals surface area contributed by atoms with E-state index in [-0.39, 0.29) is 33.8 Å². The topological polar surface area (TPSA) is 115 Å². The minimum Gasteiger partial charge on any atom is -0.425 e. The number of nitrogens with zero attached hydrogens (tertiary/aromatic N) is 1. The molecule has 0 saturated heterocycles. The number of hydrogen-bond donors (Lipinski definition) is 4. The van der Waals surface area contributed by atoms with Gasteiger partial charge >= 0.3 is 6.18 Å². The molecule has 4 N–H and O–H groups in total. The predicted molar refractivity (Wildman–Crippen MR) is 120 cm³/mol. The lowest BCUT2D eigenvalue weighted by Gasteiger charge is -2.25. The monoisotopic (exact) mass is 470 g/mol. The number of H-pyrrole nitrogens is 1. The highest BCUT2D eigenvalue weighted by Gasteiger charge is 2.54. The summed E-state index contributed by atoms with van der Waals surface area (Å²) in [7, 11) is 1.42. The maximum atomic E-state index is 13.9. The van der Waals surface area contributed by atoms with Crippen LogP contribution in [0.15, 0.2) is 41.3 Å². The lowest BCUT2D eigenvalue weighted by molar-refractivity contribution is -0.240. The fourth-order valence-electron chi connectivity index (χ4n) is 3.66. The fourth-order valence-corrected chi connectivity index (χ4v) is 3.66. The number of alkyl halides is 3. The van der Waals surface area contributed by atoms with Gasteiger partial charge in [0.1, 0.15) is 5.52 Å². The third kappa shape index (κ3) is 3.99. The Morgan fingerprint density at radius 2 is 1.88 bits per heavy atom. The third-order valence-corrected chi connectivity index (χ3v) is 5.68. The number of hydrogen-bond acceptors (Lipinski definition) is 5. The molecule has 34 heavy (non-hydrogen) atoms. The lowest BCUT2D eigenvalue weighted by Crippen LogP contribution is -2.41. The Balaban J connectivity index is 1.91. The molecule has 1 saturated carbocycles. The Kier molecular flexibility index (Phi) is 5.61. The Labute approximate surface area is 192 Å². The molecule has 1 aliphatic carbocycles. The second-order valence-electron chi connectivity index (χ2n) is 8.23. The van der Waals surface area contributed by atoms with E-state index in [1.54, 1.807) is 6.92 Å². The number of halogens is 3. The number of aromatic amines is 1. The van der Waals surface area contributed by atoms with Crippen LogP contribution in [0.5, 0.6) is 0 Å². The molecule has 10 heteroatoms. The Morgan fingerprint density at radius 3 is 2.47 bits per heavy atom. The molecule has 176 valence electrons. The van der Waals surface area contributed by atoms with E-state index in [9.17, 15) is 23.1 Å². The van der Waals surface area contributed by atoms with E-state index in [4.69, 9.17) is 15.6 Å². The lowest BCUT2D eigenvalue weighted by atomic mass is 9.93. The minimum atomic E-state index is -5.10. The van der Waals surface area contributed by atoms with E-state index < -0.39 is 28.8 Å². The maximum Gasteiger partial charge on any atom is 0.433 e. The zero-order chi connectivity index (χ0) is 24.8. The summed E-state index contributed by atoms with van der Waals surface area (Å²) in [4.78, 5) is 15.5. The molecule has 1 aliphatic rings. The van der Waals surface area contributed by atoms with E-state index in [1.165, 1.54) is 31.4 Å². The fraction of sp³-hybridized carbons (Fsp3) is 0.292. The second kappa shape index (κ2) is 8.18. The van der Waals surface area contributed by atoms with Gasteiger partial charge < -0.3 is 19.4 Å². The number of benzene rings is 1. The zero-order valence-electron chi connectivity index (χ0n) is 18.3. The van der Waals surface area contributed by atoms with Crippen LogP contribution in [0, 0.1) is 35.5 Å². The molecular weight excluding hydrogens is 449 g/mol. The van der Waals surface area contributed by atoms with Crippen molar-refractivity contribution in [2.45, 2.75) is 31.5 Å². The largest absolute Gasteiger partial charge is 0.433 e. The summed E-state index contributed by atoms with van der Waals surface area (Å²) in [6.45, 7) is 1.58. The molecule has 2 aromatic heterocycles. The first kappa shape index (κ1) is 23.3. The molecule has 1 fully saturated rings. The van der Waals surface area contributed by atoms with Gasteiger partial charge in [0.25, 0.3) is 5.56 Å². The first-order chi connectivity index (χ1) is 15.9. The van der Waals surface area contributed by atoms with Crippen molar-refractivity contribution in [1.29, 1.82) is 10.8 Å². The van der Waals surface area contributed by atoms with Crippen LogP contribution in [0.4, 0.5) is 13.2 Å². The normalized spacial score (nSPS) is 15.4. The molecule has 1 atom stereocenters. The van der Waals surface area contributed by atoms with Gasteiger partial charge in [-0.1, -0.05) is 36.3 Å². The number of aliphatic hydroxyl groups is 1. The number of fused-ring (bicyclic) bond motifs is 1. The average molecular weight is 470 g/mol. The van der Waals surface area contributed by atoms with Gasteiger partial charge in [-0.2, -0.15) is 13.2 Å². The van der Waals surface area contributed by atoms with Gasteiger partial charge in [-0.05, 0) is 25.7 Å². The number of rotatable bonds is 3. The molecule has 0 spiro atoms. The predicted octanol–water partition coefficient (Wildman–Crippen LogP) is 3.71. The Hall–Kier alpha value is -3.84. The van der Waals surface area contributed by atoms with Crippen LogP contribution in [-0.2, 0) is 17.4 Å². The summed E-state index contributed by atoms with van der Waals surface area (Å²) >= 11 is 0. The molecule has 0 radical (unpaired) electrons. The standard InChI is InChI=1S/C24H21F3N4O3/c1-13-17(21(29)34-20(28)14-8-9-14)18-15(12-31(2)22(32)19(18)30-13)10-11-23(33,24(25,26)27)16-6-4-3-5-7-16/h3-7,12,14,28-30,33H,8-9H2,1-2H3. The quantitative estimate of drug-likeness (QED) is 0.266. The summed E-state index contributed by atoms with van der Waals surface area (Å²) < 4.78 is 48.2. The van der Waals surface area contributed by atoms with Crippen molar-refractivity contribution in [3.8, 4) is 11.8 Å². The highest BCUT2D eigenvalue weighted by atomic mass is 19.4. The van der Waals surface area contributed by atoms with Crippen LogP contribution in [0.1, 0.15) is 35.2 Å². The molecule has 4 rings (SSSR count). The van der Waals surface area contributed by atoms with Crippen LogP contribution >= 0.6 is 0 Å². The molecule has 7 nitrogen and oxygen atoms in total. The Bertz CT molecular complexity index is 1420. The van der Waals surface area contributed by atoms with Crippen molar-refractivity contribution in [3.63, 3.8) is 0 Å². The van der Waals surface area contributed by atoms with E-state index in [0.29, 0.717) is 5.69 Å². The number of nitrogens with one attached hydrogen (secondary N) is 3. The molecule has 2 heterocycles. The van der Waals surface area contributed by atoms with Crippen LogP contribution < -0.4 is 5.56 Å². The van der Waals surface area contributed by atoms with Gasteiger partial charge in [0.2, 0.25) is 11.5 Å². The van der Waals surface area contributed by atoms with Crippen molar-refractivity contribution in [1.82, 2.24) is 9.55 Å². The number of ether oxygens (including phenoxy) is 1. The van der Waals surface area contributed by atoms with Crippen LogP contribution in [0.25, 0.3) is 10.9 Å². The molecule has 3 aromatic rings. The summed E-state index contributed by atoms with van der Waals surface area (Å²) in [5.41, 5.74) is -3.88. The van der Waals surface area contributed by atoms with Gasteiger partial charge in [0.15, 0.2) is 5.90 Å². The average Bonchev–Trinajstić information content (AvgIpc) is 3.57. The van der Waals surface area contributed by atoms with Crippen molar-refractivity contribution >= 4 is 22.7 Å². The second-order valence-corrected chi connectivity index (χ2v) is 8.23. The number of pyridine rings is 1. The molecular formula is C24H21F3N4O3. The van der Waals surface area contributed by atoms with Gasteiger partial charge in [0.05, 0.1) is 11.1 Å². The van der Waals surface area contributed by atoms with Crippen LogP contribution in [0.2, 0.25) is 0 Å². The third-order valence-electron chi connectivity index (χ3n) is 5.68. The van der Waals surface area contributed by atoms with Gasteiger partial charge in [-0.25, -0.2) is 0 Å². The van der Waals surface area contributed by atoms with Crippen LogP contribution in [0.3, 0.4) is 0 Å². The summed E-state index contributed by atoms with van der Waals surface area (Å²) in [6.07, 6.45) is -2.29. The molecule has 1 aromatic carbocycles. The van der Waals surface area contributed by atoms with Gasteiger partial charge in [-0.3, -0.25) is 15.6 Å². The molecule has 0 bridgehead atoms. The van der Waals surface area contributed by atoms with Crippen LogP contribution in [-0.4, -0.2) is 32.6 Å². The summed E-state index contributed by atoms with van der Waals surface area (Å²) in [6, 6.07) is 6.48. The van der Waals surface area contributed by atoms with Gasteiger partial charge in [-0.15, -0.1) is 0 Å². The summed E-state index contributed by atoms with van der Waals surface area (Å²) in [5, 5.41) is 27.0. The minimum absolute atomic E-state index is 0.0126. The van der Waals surface area contributed by atoms with Crippen molar-refractivity contribution < 1.29 is 23.0 Å². The highest BCUT2D eigenvalue weighted by molar-refractivity contribution is 6.11. The molecule has 0 amide bonds. The zero-order valence-corrected chi connectivity index (χ0v) is 18.3. The Morgan fingerprint density at radius 1 is 1.24 bits per heavy atom. The molecule has 1 unspecified atom stereocenters. The van der Waals surface area contributed by atoms with E-state index in [1.807, 2.05) is 5.92 Å². The van der Waals surface area contributed by atoms with E-state index >= 15 is 0 Å². The van der Waals surface area contributed by atoms with Crippen molar-refractivity contribution in [2.24, 2.45) is 13.0 Å². The maximum absolute atomic E-state index is 13.9. The smallest absolute Gasteiger partial charge is 0.425 e. The van der Waals surface area contributed by atoms with Gasteiger partial charge in [0, 0.05) is 35.8 Å². The van der Waals surface area contributed by atoms with E-state index in [2.05, 4.69) is 10.9 Å². The summed E-state index contributed by atoms with van der Waals surface area (Å²) in [5.74, 6) is 3.79. The first-order valence-electron chi connectivity index (χ1n) is 10.4. The number of aromatic nitrogens is 2. The SMILES string of the molecule is Cc1[nH]c2c(=O)n(C)cc(C#CC(O)(c3ccccc3)C(F)(F)F)c2c1C(=N)OC(=N)C1CC1. The highest BCUT2D eigenvalue weighted by Crippen LogP contribution is 2.38. The first-order valence-corrected chi connectivity index (χ1v) is 10.4. The van der Waals surface area contributed by atoms with Crippen molar-refractivity contribution in [2.75, 3.05) is 0 Å². The molecule has 0 aliphatic heterocycles. The van der Waals surface area contributed by atoms with E-state index in [0.717, 1.165) is 29.5 Å². The number of aryl methyl sites for hydroxylation is 2. The van der Waals surface area contributed by atoms with Crippen molar-refractivity contribution in [3.05, 3.63) is 69.3 Å².